The Morgan fingerprint density at radius 2 is 2.00 bits per heavy atom. The third-order valence-corrected chi connectivity index (χ3v) is 2.32. The van der Waals surface area contributed by atoms with Crippen molar-refractivity contribution in [1.29, 1.82) is 0 Å². The highest BCUT2D eigenvalue weighted by atomic mass is 16.5. The average molecular weight is 228 g/mol. The van der Waals surface area contributed by atoms with E-state index in [-0.39, 0.29) is 5.78 Å². The van der Waals surface area contributed by atoms with E-state index < -0.39 is 0 Å². The van der Waals surface area contributed by atoms with Crippen molar-refractivity contribution in [2.75, 3.05) is 7.11 Å². The molecule has 1 aromatic heterocycles. The number of methoxy groups -OCH3 is 1. The summed E-state index contributed by atoms with van der Waals surface area (Å²) in [6, 6.07) is 10.5. The van der Waals surface area contributed by atoms with Crippen molar-refractivity contribution in [3.8, 4) is 5.75 Å². The van der Waals surface area contributed by atoms with Gasteiger partial charge in [0.25, 0.3) is 0 Å². The first-order valence-electron chi connectivity index (χ1n) is 5.19. The summed E-state index contributed by atoms with van der Waals surface area (Å²) in [4.78, 5) is 11.8. The zero-order valence-electron chi connectivity index (χ0n) is 9.42. The fourth-order valence-electron chi connectivity index (χ4n) is 1.40. The summed E-state index contributed by atoms with van der Waals surface area (Å²) in [6.45, 7) is 0. The number of ether oxygens (including phenoxy) is 1. The molecule has 1 aromatic carbocycles. The summed E-state index contributed by atoms with van der Waals surface area (Å²) in [7, 11) is 1.59. The van der Waals surface area contributed by atoms with Crippen molar-refractivity contribution in [2.45, 2.75) is 0 Å². The van der Waals surface area contributed by atoms with Crippen LogP contribution < -0.4 is 4.74 Å². The normalized spacial score (nSPS) is 10.6. The molecule has 1 heterocycles. The number of benzene rings is 1. The summed E-state index contributed by atoms with van der Waals surface area (Å²) in [5, 5.41) is 0. The Balaban J connectivity index is 2.09. The van der Waals surface area contributed by atoms with Gasteiger partial charge >= 0.3 is 0 Å². The second kappa shape index (κ2) is 5.16. The molecule has 0 amide bonds. The molecule has 2 rings (SSSR count). The number of rotatable bonds is 4. The molecule has 0 aliphatic carbocycles. The zero-order valence-corrected chi connectivity index (χ0v) is 9.42. The molecule has 0 fully saturated rings. The number of hydrogen-bond acceptors (Lipinski definition) is 3. The molecule has 17 heavy (non-hydrogen) atoms. The molecule has 0 bridgehead atoms. The first kappa shape index (κ1) is 11.2. The van der Waals surface area contributed by atoms with E-state index >= 15 is 0 Å². The van der Waals surface area contributed by atoms with Gasteiger partial charge in [0.1, 0.15) is 11.5 Å². The lowest BCUT2D eigenvalue weighted by atomic mass is 10.1. The van der Waals surface area contributed by atoms with Crippen LogP contribution in [0.4, 0.5) is 0 Å². The lowest BCUT2D eigenvalue weighted by Gasteiger charge is -1.99. The third kappa shape index (κ3) is 2.84. The number of allylic oxidation sites excluding steroid dienone is 1. The summed E-state index contributed by atoms with van der Waals surface area (Å²) in [5.41, 5.74) is 0.619. The second-order valence-corrected chi connectivity index (χ2v) is 3.44. The minimum absolute atomic E-state index is 0.0657. The SMILES string of the molecule is COc1ccc(C(=O)/C=C/c2ccco2)cc1. The van der Waals surface area contributed by atoms with Gasteiger partial charge in [-0.3, -0.25) is 4.79 Å². The molecule has 3 heteroatoms. The van der Waals surface area contributed by atoms with Gasteiger partial charge in [-0.15, -0.1) is 0 Å². The lowest BCUT2D eigenvalue weighted by Crippen LogP contribution is -1.93. The summed E-state index contributed by atoms with van der Waals surface area (Å²) >= 11 is 0. The number of furan rings is 1. The standard InChI is InChI=1S/C14H12O3/c1-16-12-6-4-11(5-7-12)14(15)9-8-13-3-2-10-17-13/h2-10H,1H3/b9-8+. The van der Waals surface area contributed by atoms with E-state index in [0.29, 0.717) is 11.3 Å². The number of carbonyl (C=O) groups excluding carboxylic acids is 1. The predicted octanol–water partition coefficient (Wildman–Crippen LogP) is 3.18. The van der Waals surface area contributed by atoms with Crippen LogP contribution in [0.3, 0.4) is 0 Å². The topological polar surface area (TPSA) is 39.4 Å². The van der Waals surface area contributed by atoms with Crippen molar-refractivity contribution in [1.82, 2.24) is 0 Å². The molecule has 0 atom stereocenters. The Bertz CT molecular complexity index is 507. The van der Waals surface area contributed by atoms with Crippen LogP contribution >= 0.6 is 0 Å². The molecule has 0 unspecified atom stereocenters. The van der Waals surface area contributed by atoms with Gasteiger partial charge in [0.2, 0.25) is 0 Å². The van der Waals surface area contributed by atoms with Crippen LogP contribution in [-0.2, 0) is 0 Å². The van der Waals surface area contributed by atoms with Gasteiger partial charge < -0.3 is 9.15 Å². The maximum atomic E-state index is 11.8. The highest BCUT2D eigenvalue weighted by molar-refractivity contribution is 6.06. The van der Waals surface area contributed by atoms with Gasteiger partial charge in [0, 0.05) is 5.56 Å². The molecule has 0 aliphatic rings. The van der Waals surface area contributed by atoms with Gasteiger partial charge in [-0.25, -0.2) is 0 Å². The Morgan fingerprint density at radius 3 is 2.59 bits per heavy atom. The van der Waals surface area contributed by atoms with Crippen LogP contribution in [0.5, 0.6) is 5.75 Å². The number of carbonyl (C=O) groups is 1. The average Bonchev–Trinajstić information content (AvgIpc) is 2.89. The van der Waals surface area contributed by atoms with Crippen molar-refractivity contribution in [3.63, 3.8) is 0 Å². The zero-order chi connectivity index (χ0) is 12.1. The Kier molecular flexibility index (Phi) is 3.40. The second-order valence-electron chi connectivity index (χ2n) is 3.44. The molecular weight excluding hydrogens is 216 g/mol. The highest BCUT2D eigenvalue weighted by Crippen LogP contribution is 2.12. The summed E-state index contributed by atoms with van der Waals surface area (Å²) < 4.78 is 10.1. The maximum Gasteiger partial charge on any atom is 0.185 e. The molecule has 86 valence electrons. The number of ketones is 1. The van der Waals surface area contributed by atoms with Crippen molar-refractivity contribution >= 4 is 11.9 Å². The fourth-order valence-corrected chi connectivity index (χ4v) is 1.40. The Hall–Kier alpha value is -2.29. The fraction of sp³-hybridized carbons (Fsp3) is 0.0714. The van der Waals surface area contributed by atoms with Gasteiger partial charge in [0.05, 0.1) is 13.4 Å². The van der Waals surface area contributed by atoms with Crippen LogP contribution in [0.1, 0.15) is 16.1 Å². The quantitative estimate of drug-likeness (QED) is 0.596. The molecule has 3 nitrogen and oxygen atoms in total. The van der Waals surface area contributed by atoms with Crippen LogP contribution in [0, 0.1) is 0 Å². The minimum Gasteiger partial charge on any atom is -0.497 e. The van der Waals surface area contributed by atoms with E-state index in [1.54, 1.807) is 55.8 Å². The van der Waals surface area contributed by atoms with Gasteiger partial charge in [-0.2, -0.15) is 0 Å². The third-order valence-electron chi connectivity index (χ3n) is 2.32. The van der Waals surface area contributed by atoms with Gasteiger partial charge in [-0.1, -0.05) is 0 Å². The largest absolute Gasteiger partial charge is 0.497 e. The summed E-state index contributed by atoms with van der Waals surface area (Å²) in [6.07, 6.45) is 4.70. The van der Waals surface area contributed by atoms with Gasteiger partial charge in [-0.05, 0) is 48.6 Å². The minimum atomic E-state index is -0.0657. The van der Waals surface area contributed by atoms with Crippen molar-refractivity contribution in [2.24, 2.45) is 0 Å². The van der Waals surface area contributed by atoms with Gasteiger partial charge in [0.15, 0.2) is 5.78 Å². The lowest BCUT2D eigenvalue weighted by molar-refractivity contribution is 0.104. The monoisotopic (exact) mass is 228 g/mol. The van der Waals surface area contributed by atoms with E-state index in [1.807, 2.05) is 0 Å². The van der Waals surface area contributed by atoms with Crippen molar-refractivity contribution in [3.05, 3.63) is 60.1 Å². The molecule has 0 aliphatic heterocycles. The molecule has 2 aromatic rings. The maximum absolute atomic E-state index is 11.8. The van der Waals surface area contributed by atoms with Crippen molar-refractivity contribution < 1.29 is 13.9 Å². The highest BCUT2D eigenvalue weighted by Gasteiger charge is 2.01. The van der Waals surface area contributed by atoms with E-state index in [2.05, 4.69) is 0 Å². The first-order valence-corrected chi connectivity index (χ1v) is 5.19. The Morgan fingerprint density at radius 1 is 1.24 bits per heavy atom. The smallest absolute Gasteiger partial charge is 0.185 e. The van der Waals surface area contributed by atoms with Crippen LogP contribution in [-0.4, -0.2) is 12.9 Å². The number of hydrogen-bond donors (Lipinski definition) is 0. The molecule has 0 saturated heterocycles. The molecule has 0 radical (unpaired) electrons. The van der Waals surface area contributed by atoms with Crippen LogP contribution in [0.25, 0.3) is 6.08 Å². The van der Waals surface area contributed by atoms with E-state index in [1.165, 1.54) is 6.08 Å². The molecular formula is C14H12O3. The first-order chi connectivity index (χ1) is 8.29. The molecule has 0 N–H and O–H groups in total. The predicted molar refractivity (Wildman–Crippen MR) is 65.1 cm³/mol. The molecule has 0 spiro atoms. The van der Waals surface area contributed by atoms with E-state index in [0.717, 1.165) is 5.75 Å². The van der Waals surface area contributed by atoms with E-state index in [4.69, 9.17) is 9.15 Å². The van der Waals surface area contributed by atoms with Crippen LogP contribution in [0.15, 0.2) is 53.2 Å². The summed E-state index contributed by atoms with van der Waals surface area (Å²) in [5.74, 6) is 1.33. The van der Waals surface area contributed by atoms with E-state index in [9.17, 15) is 4.79 Å². The van der Waals surface area contributed by atoms with Crippen LogP contribution in [0.2, 0.25) is 0 Å². The molecule has 0 saturated carbocycles. The Labute approximate surface area is 99.3 Å².